The fraction of sp³-hybridized carbons (Fsp3) is 0.667. The van der Waals surface area contributed by atoms with Crippen molar-refractivity contribution in [3.05, 3.63) is 34.9 Å². The molecule has 2 atom stereocenters. The Hall–Kier alpha value is -0.960. The minimum Gasteiger partial charge on any atom is -0.310 e. The summed E-state index contributed by atoms with van der Waals surface area (Å²) in [4.78, 5) is 0. The van der Waals surface area contributed by atoms with Crippen LogP contribution in [0, 0.1) is 29.9 Å². The predicted molar refractivity (Wildman–Crippen MR) is 85.4 cm³/mol. The van der Waals surface area contributed by atoms with Crippen molar-refractivity contribution in [2.24, 2.45) is 11.3 Å². The molecule has 0 fully saturated rings. The molecule has 0 aliphatic carbocycles. The topological polar surface area (TPSA) is 12.0 Å². The summed E-state index contributed by atoms with van der Waals surface area (Å²) in [7, 11) is 0. The van der Waals surface area contributed by atoms with Gasteiger partial charge in [-0.25, -0.2) is 8.78 Å². The van der Waals surface area contributed by atoms with Gasteiger partial charge >= 0.3 is 0 Å². The number of halogens is 2. The van der Waals surface area contributed by atoms with E-state index in [1.165, 1.54) is 12.1 Å². The highest BCUT2D eigenvalue weighted by molar-refractivity contribution is 5.29. The van der Waals surface area contributed by atoms with Crippen LogP contribution in [0.25, 0.3) is 0 Å². The van der Waals surface area contributed by atoms with E-state index in [2.05, 4.69) is 33.0 Å². The Morgan fingerprint density at radius 1 is 1.19 bits per heavy atom. The summed E-state index contributed by atoms with van der Waals surface area (Å²) < 4.78 is 28.5. The molecule has 0 spiro atoms. The van der Waals surface area contributed by atoms with Gasteiger partial charge in [-0.15, -0.1) is 0 Å². The Morgan fingerprint density at radius 3 is 2.33 bits per heavy atom. The minimum absolute atomic E-state index is 0.192. The maximum atomic E-state index is 14.3. The average Bonchev–Trinajstić information content (AvgIpc) is 2.32. The van der Waals surface area contributed by atoms with E-state index in [1.807, 2.05) is 6.92 Å². The third-order valence-electron chi connectivity index (χ3n) is 3.72. The molecule has 3 heteroatoms. The van der Waals surface area contributed by atoms with Crippen molar-refractivity contribution < 1.29 is 8.78 Å². The monoisotopic (exact) mass is 297 g/mol. The third kappa shape index (κ3) is 5.39. The molecule has 2 unspecified atom stereocenters. The maximum Gasteiger partial charge on any atom is 0.133 e. The molecule has 0 radical (unpaired) electrons. The first kappa shape index (κ1) is 18.1. The molecule has 0 bridgehead atoms. The molecular weight excluding hydrogens is 268 g/mol. The highest BCUT2D eigenvalue weighted by Crippen LogP contribution is 2.33. The summed E-state index contributed by atoms with van der Waals surface area (Å²) in [5, 5.41) is 3.24. The zero-order valence-corrected chi connectivity index (χ0v) is 14.2. The van der Waals surface area contributed by atoms with E-state index >= 15 is 0 Å². The van der Waals surface area contributed by atoms with Crippen LogP contribution in [-0.2, 0) is 0 Å². The van der Waals surface area contributed by atoms with Gasteiger partial charge < -0.3 is 5.32 Å². The summed E-state index contributed by atoms with van der Waals surface area (Å²) in [5.74, 6) is -0.468. The van der Waals surface area contributed by atoms with Crippen LogP contribution in [0.1, 0.15) is 64.6 Å². The molecule has 0 amide bonds. The van der Waals surface area contributed by atoms with Gasteiger partial charge in [-0.3, -0.25) is 0 Å². The van der Waals surface area contributed by atoms with Gasteiger partial charge in [0.1, 0.15) is 11.6 Å². The smallest absolute Gasteiger partial charge is 0.133 e. The Labute approximate surface area is 128 Å². The van der Waals surface area contributed by atoms with Crippen LogP contribution < -0.4 is 5.32 Å². The second-order valence-electron chi connectivity index (χ2n) is 7.31. The molecule has 1 N–H and O–H groups in total. The minimum atomic E-state index is -0.452. The second kappa shape index (κ2) is 7.35. The maximum absolute atomic E-state index is 14.3. The van der Waals surface area contributed by atoms with Crippen LogP contribution in [-0.4, -0.2) is 6.54 Å². The summed E-state index contributed by atoms with van der Waals surface area (Å²) >= 11 is 0. The van der Waals surface area contributed by atoms with Crippen molar-refractivity contribution in [2.75, 3.05) is 6.54 Å². The van der Waals surface area contributed by atoms with Crippen molar-refractivity contribution in [3.8, 4) is 0 Å². The van der Waals surface area contributed by atoms with Crippen molar-refractivity contribution in [1.82, 2.24) is 5.32 Å². The fourth-order valence-electron chi connectivity index (χ4n) is 3.08. The van der Waals surface area contributed by atoms with Gasteiger partial charge in [0.25, 0.3) is 0 Å². The van der Waals surface area contributed by atoms with Crippen molar-refractivity contribution >= 4 is 0 Å². The van der Waals surface area contributed by atoms with Crippen LogP contribution in [0.2, 0.25) is 0 Å². The number of aryl methyl sites for hydroxylation is 1. The molecule has 21 heavy (non-hydrogen) atoms. The van der Waals surface area contributed by atoms with Crippen LogP contribution in [0.15, 0.2) is 12.1 Å². The lowest BCUT2D eigenvalue weighted by atomic mass is 9.81. The average molecular weight is 297 g/mol. The summed E-state index contributed by atoms with van der Waals surface area (Å²) in [6.07, 6.45) is 1.77. The molecular formula is C18H29F2N. The van der Waals surface area contributed by atoms with E-state index in [1.54, 1.807) is 6.92 Å². The lowest BCUT2D eigenvalue weighted by Crippen LogP contribution is -2.26. The molecule has 1 aromatic rings. The Kier molecular flexibility index (Phi) is 6.33. The molecule has 0 saturated heterocycles. The van der Waals surface area contributed by atoms with E-state index in [4.69, 9.17) is 0 Å². The number of rotatable bonds is 6. The first-order valence-corrected chi connectivity index (χ1v) is 7.83. The van der Waals surface area contributed by atoms with E-state index < -0.39 is 11.6 Å². The van der Waals surface area contributed by atoms with Gasteiger partial charge in [-0.1, -0.05) is 40.7 Å². The van der Waals surface area contributed by atoms with Gasteiger partial charge in [0.2, 0.25) is 0 Å². The van der Waals surface area contributed by atoms with Crippen LogP contribution in [0.4, 0.5) is 8.78 Å². The standard InChI is InChI=1S/C18H29F2N/c1-7-21-15(10-12(2)11-18(4,5)6)16-14(19)9-8-13(3)17(16)20/h8-9,12,15,21H,7,10-11H2,1-6H3. The highest BCUT2D eigenvalue weighted by atomic mass is 19.1. The Balaban J connectivity index is 3.00. The van der Waals surface area contributed by atoms with Gasteiger partial charge in [-0.2, -0.15) is 0 Å². The third-order valence-corrected chi connectivity index (χ3v) is 3.72. The normalized spacial score (nSPS) is 15.0. The molecule has 0 aliphatic rings. The van der Waals surface area contributed by atoms with Gasteiger partial charge in [0, 0.05) is 11.6 Å². The lowest BCUT2D eigenvalue weighted by molar-refractivity contribution is 0.273. The molecule has 0 saturated carbocycles. The van der Waals surface area contributed by atoms with E-state index in [0.717, 1.165) is 12.8 Å². The Morgan fingerprint density at radius 2 is 1.81 bits per heavy atom. The fourth-order valence-corrected chi connectivity index (χ4v) is 3.08. The van der Waals surface area contributed by atoms with E-state index in [9.17, 15) is 8.78 Å². The van der Waals surface area contributed by atoms with Gasteiger partial charge in [0.05, 0.1) is 0 Å². The summed E-state index contributed by atoms with van der Waals surface area (Å²) in [5.41, 5.74) is 0.912. The SMILES string of the molecule is CCNC(CC(C)CC(C)(C)C)c1c(F)ccc(C)c1F. The van der Waals surface area contributed by atoms with Crippen LogP contribution in [0.5, 0.6) is 0 Å². The molecule has 1 nitrogen and oxygen atoms in total. The van der Waals surface area contributed by atoms with E-state index in [-0.39, 0.29) is 17.0 Å². The molecule has 0 heterocycles. The summed E-state index contributed by atoms with van der Waals surface area (Å²) in [6.45, 7) is 13.1. The van der Waals surface area contributed by atoms with Crippen molar-refractivity contribution in [2.45, 2.75) is 60.4 Å². The summed E-state index contributed by atoms with van der Waals surface area (Å²) in [6, 6.07) is 2.59. The highest BCUT2D eigenvalue weighted by Gasteiger charge is 2.24. The quantitative estimate of drug-likeness (QED) is 0.742. The number of hydrogen-bond acceptors (Lipinski definition) is 1. The lowest BCUT2D eigenvalue weighted by Gasteiger charge is -2.28. The van der Waals surface area contributed by atoms with Crippen molar-refractivity contribution in [1.29, 1.82) is 0 Å². The van der Waals surface area contributed by atoms with Crippen molar-refractivity contribution in [3.63, 3.8) is 0 Å². The molecule has 1 aromatic carbocycles. The second-order valence-corrected chi connectivity index (χ2v) is 7.31. The van der Waals surface area contributed by atoms with E-state index in [0.29, 0.717) is 18.0 Å². The largest absolute Gasteiger partial charge is 0.310 e. The molecule has 0 aromatic heterocycles. The Bertz CT molecular complexity index is 463. The zero-order chi connectivity index (χ0) is 16.2. The molecule has 1 rings (SSSR count). The zero-order valence-electron chi connectivity index (χ0n) is 14.2. The first-order valence-electron chi connectivity index (χ1n) is 7.83. The number of hydrogen-bond donors (Lipinski definition) is 1. The number of nitrogens with one attached hydrogen (secondary N) is 1. The number of benzene rings is 1. The van der Waals surface area contributed by atoms with Gasteiger partial charge in [0.15, 0.2) is 0 Å². The molecule has 120 valence electrons. The van der Waals surface area contributed by atoms with Crippen LogP contribution in [0.3, 0.4) is 0 Å². The predicted octanol–water partition coefficient (Wildman–Crippen LogP) is 5.39. The molecule has 0 aliphatic heterocycles. The first-order chi connectivity index (χ1) is 9.65. The van der Waals surface area contributed by atoms with Crippen LogP contribution >= 0.6 is 0 Å². The van der Waals surface area contributed by atoms with Gasteiger partial charge in [-0.05, 0) is 49.3 Å².